The van der Waals surface area contributed by atoms with Gasteiger partial charge >= 0.3 is 0 Å². The van der Waals surface area contributed by atoms with Gasteiger partial charge < -0.3 is 4.90 Å². The van der Waals surface area contributed by atoms with E-state index >= 15 is 0 Å². The Bertz CT molecular complexity index is 613. The fourth-order valence-corrected chi connectivity index (χ4v) is 4.64. The molecule has 1 aromatic carbocycles. The maximum Gasteiger partial charge on any atom is 0.0752 e. The van der Waals surface area contributed by atoms with Gasteiger partial charge in [0, 0.05) is 18.3 Å². The Kier molecular flexibility index (Phi) is 3.99. The van der Waals surface area contributed by atoms with Crippen molar-refractivity contribution in [3.05, 3.63) is 27.8 Å². The minimum absolute atomic E-state index is 0.0603. The normalized spacial score (nSPS) is 21.7. The first kappa shape index (κ1) is 16.5. The number of fused-ring (bicyclic) bond motifs is 1. The van der Waals surface area contributed by atoms with Crippen LogP contribution in [0.25, 0.3) is 0 Å². The fourth-order valence-electron chi connectivity index (χ4n) is 4.01. The summed E-state index contributed by atoms with van der Waals surface area (Å²) in [4.78, 5) is 3.55. The zero-order chi connectivity index (χ0) is 16.3. The van der Waals surface area contributed by atoms with E-state index in [4.69, 9.17) is 12.2 Å². The highest BCUT2D eigenvalue weighted by Crippen LogP contribution is 2.48. The van der Waals surface area contributed by atoms with Crippen LogP contribution in [0.3, 0.4) is 0 Å². The van der Waals surface area contributed by atoms with Crippen molar-refractivity contribution in [2.45, 2.75) is 66.8 Å². The van der Waals surface area contributed by atoms with Gasteiger partial charge in [0.15, 0.2) is 0 Å². The minimum atomic E-state index is -0.0603. The third-order valence-corrected chi connectivity index (χ3v) is 6.38. The van der Waals surface area contributed by atoms with E-state index in [0.29, 0.717) is 11.8 Å². The van der Waals surface area contributed by atoms with Gasteiger partial charge in [-0.15, -0.1) is 0 Å². The van der Waals surface area contributed by atoms with E-state index in [9.17, 15) is 0 Å². The molecule has 2 rings (SSSR count). The largest absolute Gasteiger partial charge is 0.363 e. The molecule has 0 bridgehead atoms. The zero-order valence-electron chi connectivity index (χ0n) is 15.0. The van der Waals surface area contributed by atoms with Crippen molar-refractivity contribution in [3.8, 4) is 0 Å². The molecule has 1 unspecified atom stereocenters. The zero-order valence-corrected chi connectivity index (χ0v) is 15.8. The lowest BCUT2D eigenvalue weighted by Gasteiger charge is -2.38. The maximum atomic E-state index is 5.94. The van der Waals surface area contributed by atoms with Crippen molar-refractivity contribution >= 4 is 22.8 Å². The van der Waals surface area contributed by atoms with Crippen molar-refractivity contribution in [1.29, 1.82) is 0 Å². The Labute approximate surface area is 135 Å². The van der Waals surface area contributed by atoms with Gasteiger partial charge in [0.1, 0.15) is 0 Å². The summed E-state index contributed by atoms with van der Waals surface area (Å²) in [6, 6.07) is 0. The molecule has 1 nitrogen and oxygen atoms in total. The van der Waals surface area contributed by atoms with E-state index in [1.165, 1.54) is 33.5 Å². The van der Waals surface area contributed by atoms with Gasteiger partial charge in [0.25, 0.3) is 0 Å². The number of nitrogens with zero attached hydrogens (tertiary/aromatic N) is 1. The highest BCUT2D eigenvalue weighted by atomic mass is 32.1. The molecule has 1 aliphatic heterocycles. The smallest absolute Gasteiger partial charge is 0.0752 e. The van der Waals surface area contributed by atoms with Gasteiger partial charge in [0.05, 0.1) is 10.4 Å². The molecule has 1 atom stereocenters. The number of rotatable bonds is 2. The summed E-state index contributed by atoms with van der Waals surface area (Å²) >= 11 is 5.94. The Morgan fingerprint density at radius 2 is 1.48 bits per heavy atom. The summed E-state index contributed by atoms with van der Waals surface area (Å²) in [5.41, 5.74) is 8.33. The highest BCUT2D eigenvalue weighted by Gasteiger charge is 2.47. The molecule has 1 heterocycles. The summed E-state index contributed by atoms with van der Waals surface area (Å²) in [7, 11) is 2.21. The average molecular weight is 304 g/mol. The van der Waals surface area contributed by atoms with Crippen molar-refractivity contribution in [2.24, 2.45) is 5.92 Å². The topological polar surface area (TPSA) is 3.24 Å². The first-order valence-electron chi connectivity index (χ1n) is 7.99. The molecule has 0 N–H and O–H groups in total. The second-order valence-corrected chi connectivity index (χ2v) is 7.77. The molecular formula is C19H29NS. The molecule has 2 heteroatoms. The summed E-state index contributed by atoms with van der Waals surface area (Å²) in [5.74, 6) is 1.03. The van der Waals surface area contributed by atoms with Crippen molar-refractivity contribution < 1.29 is 0 Å². The average Bonchev–Trinajstić information content (AvgIpc) is 2.58. The second kappa shape index (κ2) is 5.08. The van der Waals surface area contributed by atoms with Gasteiger partial charge in [0.2, 0.25) is 0 Å². The summed E-state index contributed by atoms with van der Waals surface area (Å²) in [6.07, 6.45) is 0. The number of likely N-dealkylation sites (N-methyl/N-ethyl adjacent to an activating group) is 1. The molecule has 1 aromatic rings. The van der Waals surface area contributed by atoms with E-state index in [0.717, 1.165) is 4.86 Å². The quantitative estimate of drug-likeness (QED) is 0.680. The van der Waals surface area contributed by atoms with E-state index < -0.39 is 0 Å². The number of hydrogen-bond donors (Lipinski definition) is 0. The lowest BCUT2D eigenvalue weighted by Crippen LogP contribution is -2.49. The van der Waals surface area contributed by atoms with Gasteiger partial charge in [-0.3, -0.25) is 0 Å². The molecule has 0 saturated heterocycles. The monoisotopic (exact) mass is 303 g/mol. The molecule has 0 fully saturated rings. The van der Waals surface area contributed by atoms with Crippen LogP contribution in [0, 0.1) is 26.7 Å². The molecule has 116 valence electrons. The van der Waals surface area contributed by atoms with Crippen LogP contribution in [0.4, 0.5) is 5.69 Å². The van der Waals surface area contributed by atoms with E-state index in [1.807, 2.05) is 0 Å². The summed E-state index contributed by atoms with van der Waals surface area (Å²) in [6.45, 7) is 18.2. The van der Waals surface area contributed by atoms with E-state index in [2.05, 4.69) is 67.3 Å². The Balaban J connectivity index is 2.86. The van der Waals surface area contributed by atoms with Crippen LogP contribution < -0.4 is 4.90 Å². The minimum Gasteiger partial charge on any atom is -0.363 e. The molecule has 21 heavy (non-hydrogen) atoms. The molecule has 0 spiro atoms. The van der Waals surface area contributed by atoms with Crippen molar-refractivity contribution in [2.75, 3.05) is 11.9 Å². The first-order chi connectivity index (χ1) is 9.56. The fraction of sp³-hybridized carbons (Fsp3) is 0.632. The molecule has 0 saturated carbocycles. The highest BCUT2D eigenvalue weighted by molar-refractivity contribution is 7.81. The molecule has 0 aliphatic carbocycles. The Morgan fingerprint density at radius 3 is 1.90 bits per heavy atom. The summed E-state index contributed by atoms with van der Waals surface area (Å²) in [5, 5.41) is 0. The van der Waals surface area contributed by atoms with E-state index in [-0.39, 0.29) is 5.54 Å². The number of hydrogen-bond acceptors (Lipinski definition) is 2. The van der Waals surface area contributed by atoms with Crippen LogP contribution in [0.2, 0.25) is 0 Å². The first-order valence-corrected chi connectivity index (χ1v) is 8.39. The Morgan fingerprint density at radius 1 is 0.952 bits per heavy atom. The predicted octanol–water partition coefficient (Wildman–Crippen LogP) is 5.32. The van der Waals surface area contributed by atoms with Crippen LogP contribution in [0.5, 0.6) is 0 Å². The molecule has 0 aromatic heterocycles. The third-order valence-electron chi connectivity index (χ3n) is 5.76. The maximum absolute atomic E-state index is 5.94. The molecule has 0 radical (unpaired) electrons. The van der Waals surface area contributed by atoms with Gasteiger partial charge in [-0.05, 0) is 61.8 Å². The number of benzene rings is 1. The molecule has 0 amide bonds. The second-order valence-electron chi connectivity index (χ2n) is 7.36. The van der Waals surface area contributed by atoms with Crippen LogP contribution >= 0.6 is 12.2 Å². The van der Waals surface area contributed by atoms with Crippen LogP contribution in [-0.4, -0.2) is 17.5 Å². The van der Waals surface area contributed by atoms with E-state index in [1.54, 1.807) is 0 Å². The van der Waals surface area contributed by atoms with Gasteiger partial charge in [-0.25, -0.2) is 0 Å². The molecule has 1 aliphatic rings. The van der Waals surface area contributed by atoms with Crippen LogP contribution in [0.1, 0.15) is 68.4 Å². The summed E-state index contributed by atoms with van der Waals surface area (Å²) < 4.78 is 0. The predicted molar refractivity (Wildman–Crippen MR) is 98.1 cm³/mol. The lowest BCUT2D eigenvalue weighted by atomic mass is 9.82. The Hall–Kier alpha value is -0.890. The van der Waals surface area contributed by atoms with Crippen molar-refractivity contribution in [3.63, 3.8) is 0 Å². The number of anilines is 1. The van der Waals surface area contributed by atoms with Crippen LogP contribution in [-0.2, 0) is 0 Å². The van der Waals surface area contributed by atoms with Crippen LogP contribution in [0.15, 0.2) is 0 Å². The standard InChI is InChI=1S/C19H29NS/c1-10(2)15-12(5)13(6)16-17(14(15)7)20(9)19(8,11(3)4)18(16)21/h10-11H,1-9H3. The van der Waals surface area contributed by atoms with Gasteiger partial charge in [-0.2, -0.15) is 0 Å². The SMILES string of the molecule is Cc1c(C)c(C(C)C)c(C)c2c1C(=S)C(C)(C(C)C)N2C. The lowest BCUT2D eigenvalue weighted by molar-refractivity contribution is 0.440. The van der Waals surface area contributed by atoms with Gasteiger partial charge in [-0.1, -0.05) is 39.9 Å². The number of thiocarbonyl (C=S) groups is 1. The molecular weight excluding hydrogens is 274 g/mol. The van der Waals surface area contributed by atoms with Crippen molar-refractivity contribution in [1.82, 2.24) is 0 Å². The third kappa shape index (κ3) is 1.98.